The summed E-state index contributed by atoms with van der Waals surface area (Å²) < 4.78 is 53.3. The number of alkyl carbamates (subject to hydrolysis) is 1. The Balaban J connectivity index is 0.000000212. The molecule has 3 saturated heterocycles. The lowest BCUT2D eigenvalue weighted by molar-refractivity contribution is -0.756. The molecule has 51 heteroatoms. The molecule has 3 aliphatic heterocycles. The highest BCUT2D eigenvalue weighted by Gasteiger charge is 2.76. The van der Waals surface area contributed by atoms with Crippen molar-refractivity contribution in [3.63, 3.8) is 0 Å². The fraction of sp³-hybridized carbons (Fsp3) is 0.685. The summed E-state index contributed by atoms with van der Waals surface area (Å²) in [4.78, 5) is 131. The van der Waals surface area contributed by atoms with E-state index in [1.54, 1.807) is 27.6 Å². The molecule has 6 fully saturated rings. The highest BCUT2D eigenvalue weighted by Crippen LogP contribution is 2.70. The van der Waals surface area contributed by atoms with Gasteiger partial charge >= 0.3 is 18.4 Å². The van der Waals surface area contributed by atoms with Gasteiger partial charge in [-0.05, 0) is 103 Å². The number of para-hydroxylation sites is 1. The summed E-state index contributed by atoms with van der Waals surface area (Å²) in [6, 6.07) is 11.7. The first kappa shape index (κ1) is 102. The second-order valence-electron chi connectivity index (χ2n) is 30.3. The maximum absolute atomic E-state index is 14.2. The van der Waals surface area contributed by atoms with Crippen molar-refractivity contribution in [1.82, 2.24) is 39.7 Å². The molecule has 7 N–H and O–H groups in total. The summed E-state index contributed by atoms with van der Waals surface area (Å²) >= 11 is 0. The zero-order valence-corrected chi connectivity index (χ0v) is 75.8. The van der Waals surface area contributed by atoms with Crippen LogP contribution in [0.5, 0.6) is 5.88 Å². The summed E-state index contributed by atoms with van der Waals surface area (Å²) in [6.45, 7) is 16.0. The number of amides is 1. The molecule has 1 unspecified atom stereocenters. The normalized spacial score (nSPS) is 25.5. The maximum atomic E-state index is 14.2. The fourth-order valence-electron chi connectivity index (χ4n) is 16.2. The van der Waals surface area contributed by atoms with Crippen LogP contribution in [0, 0.1) is 76.0 Å². The van der Waals surface area contributed by atoms with Crippen LogP contribution >= 0.6 is 86.4 Å². The molecule has 0 spiro atoms. The number of nitrogens with two attached hydrogens (primary N) is 1. The van der Waals surface area contributed by atoms with Gasteiger partial charge in [0.15, 0.2) is 42.0 Å². The van der Waals surface area contributed by atoms with Gasteiger partial charge in [-0.2, -0.15) is 10.2 Å². The predicted molar refractivity (Wildman–Crippen MR) is 461 cm³/mol. The summed E-state index contributed by atoms with van der Waals surface area (Å²) in [6.07, 6.45) is 3.65. The van der Waals surface area contributed by atoms with Crippen LogP contribution in [0.4, 0.5) is 20.2 Å². The maximum Gasteiger partial charge on any atom is 0.508 e. The minimum atomic E-state index is -1.35. The molecule has 4 aromatic rings. The molecule has 13 atom stereocenters. The second-order valence-corrected chi connectivity index (χ2v) is 41.1. The third-order valence-corrected chi connectivity index (χ3v) is 30.4. The third-order valence-electron chi connectivity index (χ3n) is 21.0. The Labute approximate surface area is 744 Å². The monoisotopic (exact) mass is 1900 g/mol. The van der Waals surface area contributed by atoms with E-state index in [4.69, 9.17) is 48.4 Å². The molecule has 43 nitrogen and oxygen atoms in total. The van der Waals surface area contributed by atoms with Crippen molar-refractivity contribution in [3.8, 4) is 11.6 Å². The lowest BCUT2D eigenvalue weighted by Gasteiger charge is -2.59. The minimum Gasteiger partial charge on any atom is -0.477 e. The number of rotatable bonds is 43. The van der Waals surface area contributed by atoms with E-state index in [-0.39, 0.29) is 94.0 Å². The van der Waals surface area contributed by atoms with Gasteiger partial charge in [-0.1, -0.05) is 143 Å². The molecule has 6 heterocycles. The van der Waals surface area contributed by atoms with Gasteiger partial charge in [0, 0.05) is 99.3 Å². The Morgan fingerprint density at radius 2 is 1.27 bits per heavy atom. The van der Waals surface area contributed by atoms with E-state index in [9.17, 15) is 85.0 Å². The number of hydrogen-bond acceptors (Lipinski definition) is 44. The Kier molecular flexibility index (Phi) is 40.4. The number of aliphatic hydroxyl groups excluding tert-OH is 3. The number of aliphatic hydroxyl groups is 3. The zero-order chi connectivity index (χ0) is 90.4. The number of anilines is 1. The largest absolute Gasteiger partial charge is 0.508 e. The first-order chi connectivity index (χ1) is 59.0. The van der Waals surface area contributed by atoms with Crippen LogP contribution in [0.1, 0.15) is 112 Å². The highest BCUT2D eigenvalue weighted by atomic mass is 33.1. The van der Waals surface area contributed by atoms with Crippen LogP contribution < -0.4 is 15.8 Å². The van der Waals surface area contributed by atoms with Crippen molar-refractivity contribution in [1.29, 1.82) is 0 Å². The molecule has 690 valence electrons. The average molecular weight is 1900 g/mol. The first-order valence-electron chi connectivity index (χ1n) is 39.3. The number of benzene rings is 1. The topological polar surface area (TPSA) is 562 Å². The predicted octanol–water partition coefficient (Wildman–Crippen LogP) is 10.1. The summed E-state index contributed by atoms with van der Waals surface area (Å²) in [5.74, 6) is 4.68. The molecule has 1 amide bonds. The number of hydroxylamine groups is 2. The third kappa shape index (κ3) is 28.7. The van der Waals surface area contributed by atoms with E-state index in [2.05, 4.69) is 51.6 Å². The van der Waals surface area contributed by atoms with Gasteiger partial charge in [0.05, 0.1) is 36.5 Å². The molecule has 11 rings (SSSR count). The van der Waals surface area contributed by atoms with Crippen LogP contribution in [-0.2, 0) is 66.8 Å². The van der Waals surface area contributed by atoms with Gasteiger partial charge in [-0.3, -0.25) is 14.2 Å². The van der Waals surface area contributed by atoms with Crippen molar-refractivity contribution in [3.05, 3.63) is 119 Å². The Morgan fingerprint density at radius 1 is 0.702 bits per heavy atom. The Bertz CT molecular complexity index is 4230. The number of nitrogens with zero attached hydrogens (tertiary/aromatic N) is 11. The van der Waals surface area contributed by atoms with Crippen LogP contribution in [0.3, 0.4) is 0 Å². The van der Waals surface area contributed by atoms with Gasteiger partial charge in [-0.15, -0.1) is 40.5 Å². The van der Waals surface area contributed by atoms with E-state index in [1.165, 1.54) is 97.8 Å². The molecule has 124 heavy (non-hydrogen) atoms. The molecule has 0 bridgehead atoms. The van der Waals surface area contributed by atoms with Gasteiger partial charge in [0.1, 0.15) is 82.5 Å². The smallest absolute Gasteiger partial charge is 0.477 e. The van der Waals surface area contributed by atoms with Crippen molar-refractivity contribution < 1.29 is 127 Å². The fourth-order valence-corrected chi connectivity index (χ4v) is 22.8. The lowest BCUT2D eigenvalue weighted by Crippen LogP contribution is -2.63. The number of ether oxygens (including phenoxy) is 9. The Hall–Kier alpha value is -7.51. The van der Waals surface area contributed by atoms with E-state index in [0.717, 1.165) is 42.0 Å². The molecule has 3 saturated carbocycles. The number of fused-ring (bicyclic) bond motifs is 8. The van der Waals surface area contributed by atoms with Crippen LogP contribution in [-0.4, -0.2) is 277 Å². The van der Waals surface area contributed by atoms with E-state index >= 15 is 0 Å². The van der Waals surface area contributed by atoms with Crippen molar-refractivity contribution in [2.24, 2.45) is 28.6 Å². The van der Waals surface area contributed by atoms with Gasteiger partial charge in [0.2, 0.25) is 11.7 Å². The number of ketones is 2. The molecular weight excluding hydrogens is 1800 g/mol. The molecule has 4 aliphatic carbocycles. The standard InChI is InChI=1S/C30H42N2O10S2.C15H20N6O9S2.C14H17N3O4S2.C14H26N2O7S2/c1-4-5-25-41-24-15-21-20-7-6-18-14-19(33)8-9-28(18,2)26(20)22(34)16-29(21,3)30(24,42-25)23(35)17-39-27(36)31-10-12-43-44-13-11-40-32(37)38;16-12-9-13(18-6-17-12)20(7-19-9)14-11(23)10(22)8(30-14)5-28-15(24)27-1-3-31-32-4-2-29-21(25)26;1-12-11-14(16(15-12)13-5-3-2-4-6-13)20-7-9-22-23-10-8-21-17(18)19;1-13(2)9-11(10-14(3,4)15(13)18)23-12(17)21-5-7-24-25-8-6-22-16(19)20/h8-9,14,20-22,24-26,34H,4-7,10-13,15-17H2,1-3H3,(H,31,36);6-8,10-11,14,22-23H,1-5H2,(H2,16,17,18);2-6,11H,7-10H2,1H3;11,18H,5-10H2,1-4H3/t20-,21-,22-,24+,25?,26+,28-,29-,30+;8-,10-,11-,14-;;/m01../s1. The number of aryl methyl sites for hydroxylation is 1. The van der Waals surface area contributed by atoms with Crippen molar-refractivity contribution >= 4 is 133 Å². The molecule has 1 aromatic carbocycles. The number of Topliss-reactive ketones (excluding diaryl/α,β-unsaturated/α-hetero) is 1. The number of allylic oxidation sites excluding steroid dienone is 4. The molecule has 3 aromatic heterocycles. The first-order valence-corrected chi connectivity index (χ1v) is 49.3. The minimum absolute atomic E-state index is 0.0104. The van der Waals surface area contributed by atoms with E-state index in [0.29, 0.717) is 96.0 Å². The second kappa shape index (κ2) is 49.2. The number of piperidine rings is 1. The number of carbonyl (C=O) groups excluding carboxylic acids is 5. The number of nitrogens with one attached hydrogen (secondary N) is 1. The van der Waals surface area contributed by atoms with E-state index < -0.39 is 116 Å². The van der Waals surface area contributed by atoms with Crippen molar-refractivity contribution in [2.45, 2.75) is 173 Å². The van der Waals surface area contributed by atoms with Crippen molar-refractivity contribution in [2.75, 3.05) is 118 Å². The van der Waals surface area contributed by atoms with Crippen LogP contribution in [0.25, 0.3) is 16.9 Å². The van der Waals surface area contributed by atoms with Gasteiger partial charge < -0.3 is 93.6 Å². The zero-order valence-electron chi connectivity index (χ0n) is 69.3. The van der Waals surface area contributed by atoms with E-state index in [1.807, 2.05) is 90.9 Å². The summed E-state index contributed by atoms with van der Waals surface area (Å²) in [7, 11) is 11.4. The SMILES string of the molecule is CC1(C)CC(OC(=O)OCCSSCCO[N+](=O)[O-])CC(C)(C)N1O.CCCC1O[C@@H]2C[C@H]3[C@@H]4CCC5=CC(=O)C=C[C@]5(C)[C@H]4[C@@H](O)C[C@]3(C)[C@]2(C(=O)COC(=O)NCCSSCCO[N+](=O)[O-])O1.Cc1cc(OCCSSCCO[N+](=O)[O-])n(-c2ccccc2)n1.Nc1ncnc2c1ncn2[C@@H]1O[C@H](COC(=O)OCCSSCCO[N+](=O)[O-])[C@@H](O)[C@H]1O. The number of imidazole rings is 1. The molecular formula is C73H105N13O30S8. The van der Waals surface area contributed by atoms with Gasteiger partial charge in [-0.25, -0.2) is 34.0 Å². The van der Waals surface area contributed by atoms with Crippen LogP contribution in [0.2, 0.25) is 0 Å². The summed E-state index contributed by atoms with van der Waals surface area (Å²) in [5, 5.41) is 87.8. The number of nitrogen functional groups attached to an aromatic ring is 1. The molecule has 7 aliphatic rings. The van der Waals surface area contributed by atoms with Crippen LogP contribution in [0.15, 0.2) is 72.9 Å². The number of hydrogen-bond donors (Lipinski definition) is 6. The number of carbonyl (C=O) groups is 5. The lowest BCUT2D eigenvalue weighted by atomic mass is 9.46. The Morgan fingerprint density at radius 3 is 1.85 bits per heavy atom. The van der Waals surface area contributed by atoms with Gasteiger partial charge in [0.25, 0.3) is 20.3 Å². The summed E-state index contributed by atoms with van der Waals surface area (Å²) in [5.41, 5.74) is 5.78. The average Bonchev–Trinajstić information content (AvgIpc) is 1.50. The highest BCUT2D eigenvalue weighted by molar-refractivity contribution is 8.77. The number of aromatic nitrogens is 6. The molecule has 0 radical (unpaired) electrons. The quantitative estimate of drug-likeness (QED) is 0.00599.